The van der Waals surface area contributed by atoms with Gasteiger partial charge in [0.25, 0.3) is 5.91 Å². The third kappa shape index (κ3) is 6.61. The number of aromatic hydroxyl groups is 1. The minimum atomic E-state index is -0.516. The number of phenols is 1. The highest BCUT2D eigenvalue weighted by atomic mass is 35.5. The molecule has 4 rings (SSSR count). The summed E-state index contributed by atoms with van der Waals surface area (Å²) in [5.41, 5.74) is 10.9. The van der Waals surface area contributed by atoms with Gasteiger partial charge in [-0.25, -0.2) is 10.1 Å². The van der Waals surface area contributed by atoms with Gasteiger partial charge in [0.05, 0.1) is 11.9 Å². The Morgan fingerprint density at radius 1 is 1.18 bits per heavy atom. The maximum Gasteiger partial charge on any atom is 0.293 e. The topological polar surface area (TPSA) is 161 Å². The molecule has 1 unspecified atom stereocenters. The van der Waals surface area contributed by atoms with Gasteiger partial charge in [0.15, 0.2) is 5.69 Å². The minimum absolute atomic E-state index is 0. The van der Waals surface area contributed by atoms with Crippen molar-refractivity contribution in [3.63, 3.8) is 0 Å². The summed E-state index contributed by atoms with van der Waals surface area (Å²) in [7, 11) is 0. The monoisotopic (exact) mass is 573 g/mol. The molecule has 1 amide bonds. The van der Waals surface area contributed by atoms with E-state index in [4.69, 9.17) is 10.4 Å². The second kappa shape index (κ2) is 11.9. The number of aromatic nitrogens is 5. The Morgan fingerprint density at radius 3 is 2.38 bits per heavy atom. The number of amides is 1. The highest BCUT2D eigenvalue weighted by Crippen LogP contribution is 2.39. The molecule has 1 saturated heterocycles. The number of nitrogens with two attached hydrogens (primary N) is 1. The highest BCUT2D eigenvalue weighted by molar-refractivity contribution is 5.94. The molecule has 12 nitrogen and oxygen atoms in total. The van der Waals surface area contributed by atoms with E-state index in [0.717, 1.165) is 36.1 Å². The van der Waals surface area contributed by atoms with Crippen LogP contribution in [0.4, 0.5) is 5.82 Å². The molecule has 0 bridgehead atoms. The molecule has 0 saturated carbocycles. The first-order valence-electron chi connectivity index (χ1n) is 13.3. The number of piperidine rings is 1. The minimum Gasteiger partial charge on any atom is -0.507 e. The fraction of sp³-hybridized carbons (Fsp3) is 0.556. The number of carbonyl (C=O) groups excluding carboxylic acids is 1. The van der Waals surface area contributed by atoms with Crippen LogP contribution in [0.15, 0.2) is 21.9 Å². The number of phenolic OH excluding ortho intramolecular Hbond substituents is 1. The number of anilines is 1. The van der Waals surface area contributed by atoms with Gasteiger partial charge in [-0.05, 0) is 65.1 Å². The summed E-state index contributed by atoms with van der Waals surface area (Å²) >= 11 is 0. The lowest BCUT2D eigenvalue weighted by Crippen LogP contribution is -2.38. The van der Waals surface area contributed by atoms with Gasteiger partial charge in [0.2, 0.25) is 11.6 Å². The van der Waals surface area contributed by atoms with E-state index in [1.54, 1.807) is 6.21 Å². The highest BCUT2D eigenvalue weighted by Gasteiger charge is 2.29. The molecular weight excluding hydrogens is 534 g/mol. The molecule has 3 heterocycles. The van der Waals surface area contributed by atoms with E-state index >= 15 is 0 Å². The van der Waals surface area contributed by atoms with Gasteiger partial charge in [0.1, 0.15) is 5.75 Å². The summed E-state index contributed by atoms with van der Waals surface area (Å²) in [6.07, 6.45) is 4.88. The maximum absolute atomic E-state index is 13.3. The lowest BCUT2D eigenvalue weighted by molar-refractivity contribution is 0.0945. The van der Waals surface area contributed by atoms with Crippen LogP contribution in [0, 0.1) is 0 Å². The molecule has 0 aliphatic carbocycles. The molecule has 1 aliphatic rings. The molecule has 1 aliphatic heterocycles. The molecule has 0 spiro atoms. The third-order valence-corrected chi connectivity index (χ3v) is 7.10. The van der Waals surface area contributed by atoms with E-state index < -0.39 is 5.91 Å². The van der Waals surface area contributed by atoms with Crippen molar-refractivity contribution in [1.82, 2.24) is 35.6 Å². The van der Waals surface area contributed by atoms with Crippen molar-refractivity contribution in [2.75, 3.05) is 12.3 Å². The Kier molecular flexibility index (Phi) is 9.25. The summed E-state index contributed by atoms with van der Waals surface area (Å²) in [4.78, 5) is 15.5. The molecule has 3 aromatic rings. The number of hydrogen-bond donors (Lipinski definition) is 3. The number of hydrogen-bond acceptors (Lipinski definition) is 10. The Morgan fingerprint density at radius 2 is 1.82 bits per heavy atom. The zero-order valence-electron chi connectivity index (χ0n) is 24.2. The summed E-state index contributed by atoms with van der Waals surface area (Å²) in [5, 5.41) is 30.9. The molecule has 0 radical (unpaired) electrons. The molecule has 2 aromatic heterocycles. The average Bonchev–Trinajstić information content (AvgIpc) is 3.45. The lowest BCUT2D eigenvalue weighted by Gasteiger charge is -2.33. The normalized spacial score (nSPS) is 16.7. The number of halogens is 1. The summed E-state index contributed by atoms with van der Waals surface area (Å²) in [6, 6.07) is 4.12. The van der Waals surface area contributed by atoms with Gasteiger partial charge in [-0.15, -0.1) is 17.5 Å². The summed E-state index contributed by atoms with van der Waals surface area (Å²) in [5.74, 6) is -0.00302. The first kappa shape index (κ1) is 31.0. The van der Waals surface area contributed by atoms with Crippen LogP contribution in [0.25, 0.3) is 5.82 Å². The molecule has 40 heavy (non-hydrogen) atoms. The number of likely N-dealkylation sites (tertiary alicyclic amines) is 1. The first-order valence-corrected chi connectivity index (χ1v) is 13.3. The molecule has 13 heteroatoms. The van der Waals surface area contributed by atoms with E-state index in [2.05, 4.69) is 43.0 Å². The van der Waals surface area contributed by atoms with Gasteiger partial charge < -0.3 is 10.8 Å². The maximum atomic E-state index is 13.3. The van der Waals surface area contributed by atoms with Crippen molar-refractivity contribution in [3.8, 4) is 11.6 Å². The molecule has 1 atom stereocenters. The van der Waals surface area contributed by atoms with Crippen molar-refractivity contribution in [2.45, 2.75) is 91.1 Å². The number of carbonyl (C=O) groups is 1. The first-order chi connectivity index (χ1) is 18.3. The van der Waals surface area contributed by atoms with E-state index in [-0.39, 0.29) is 46.3 Å². The summed E-state index contributed by atoms with van der Waals surface area (Å²) < 4.78 is 6.16. The Labute approximate surface area is 240 Å². The van der Waals surface area contributed by atoms with Crippen LogP contribution in [0.3, 0.4) is 0 Å². The molecular formula is C27H40ClN9O3. The molecule has 1 fully saturated rings. The quantitative estimate of drug-likeness (QED) is 0.291. The zero-order chi connectivity index (χ0) is 28.5. The fourth-order valence-corrected chi connectivity index (χ4v) is 4.81. The van der Waals surface area contributed by atoms with Gasteiger partial charge >= 0.3 is 0 Å². The van der Waals surface area contributed by atoms with Crippen molar-refractivity contribution in [3.05, 3.63) is 40.2 Å². The van der Waals surface area contributed by atoms with Gasteiger partial charge in [-0.3, -0.25) is 9.69 Å². The molecule has 218 valence electrons. The SMILES string of the molecule is CC1CCCCN1Cc1c(C(=O)N/N=C\c2cc(C(C)(C)C)c(O)c(C(C)(C)C)c2)nnn1-c1nonc1N.Cl. The fourth-order valence-electron chi connectivity index (χ4n) is 4.81. The van der Waals surface area contributed by atoms with Crippen LogP contribution in [0.1, 0.15) is 101 Å². The van der Waals surface area contributed by atoms with Crippen molar-refractivity contribution in [2.24, 2.45) is 5.10 Å². The molecule has 4 N–H and O–H groups in total. The standard InChI is InChI=1S/C27H39N9O3.ClH/c1-16-10-8-9-11-35(16)15-20-21(30-34-36(20)24-23(28)32-39-33-24)25(38)31-29-14-17-12-18(26(2,3)4)22(37)19(13-17)27(5,6)7;/h12-14,16,37H,8-11,15H2,1-7H3,(H2,28,32)(H,31,38);1H/b29-14-;. The summed E-state index contributed by atoms with van der Waals surface area (Å²) in [6.45, 7) is 15.7. The number of nitrogen functional groups attached to an aromatic ring is 1. The van der Waals surface area contributed by atoms with Crippen molar-refractivity contribution >= 4 is 30.3 Å². The number of hydrazone groups is 1. The Balaban J connectivity index is 0.00000441. The zero-order valence-corrected chi connectivity index (χ0v) is 25.0. The van der Waals surface area contributed by atoms with Crippen LogP contribution in [-0.2, 0) is 17.4 Å². The van der Waals surface area contributed by atoms with Crippen LogP contribution in [-0.4, -0.2) is 60.0 Å². The van der Waals surface area contributed by atoms with E-state index in [1.807, 2.05) is 53.7 Å². The van der Waals surface area contributed by atoms with Gasteiger partial charge in [-0.2, -0.15) is 9.78 Å². The second-order valence-corrected chi connectivity index (χ2v) is 12.2. The predicted molar refractivity (Wildman–Crippen MR) is 155 cm³/mol. The Bertz CT molecular complexity index is 1330. The van der Waals surface area contributed by atoms with E-state index in [1.165, 1.54) is 11.1 Å². The van der Waals surface area contributed by atoms with E-state index in [0.29, 0.717) is 18.3 Å². The predicted octanol–water partition coefficient (Wildman–Crippen LogP) is 4.09. The Hall–Kier alpha value is -3.51. The second-order valence-electron chi connectivity index (χ2n) is 12.2. The number of nitrogens with one attached hydrogen (secondary N) is 1. The number of nitrogens with zero attached hydrogens (tertiary/aromatic N) is 7. The third-order valence-electron chi connectivity index (χ3n) is 7.10. The van der Waals surface area contributed by atoms with Crippen molar-refractivity contribution in [1.29, 1.82) is 0 Å². The number of benzene rings is 1. The largest absolute Gasteiger partial charge is 0.507 e. The van der Waals surface area contributed by atoms with Crippen LogP contribution in [0.5, 0.6) is 5.75 Å². The van der Waals surface area contributed by atoms with Crippen LogP contribution in [0.2, 0.25) is 0 Å². The lowest BCUT2D eigenvalue weighted by atomic mass is 9.78. The van der Waals surface area contributed by atoms with Crippen LogP contribution >= 0.6 is 12.4 Å². The van der Waals surface area contributed by atoms with Crippen LogP contribution < -0.4 is 11.2 Å². The molecule has 1 aromatic carbocycles. The van der Waals surface area contributed by atoms with Crippen molar-refractivity contribution < 1.29 is 14.5 Å². The van der Waals surface area contributed by atoms with Gasteiger partial charge in [0, 0.05) is 23.7 Å². The average molecular weight is 574 g/mol. The smallest absolute Gasteiger partial charge is 0.293 e. The number of rotatable bonds is 6. The van der Waals surface area contributed by atoms with Gasteiger partial charge in [-0.1, -0.05) is 53.2 Å². The van der Waals surface area contributed by atoms with E-state index in [9.17, 15) is 9.90 Å².